The van der Waals surface area contributed by atoms with Crippen LogP contribution in [0.4, 0.5) is 15.8 Å². The zero-order valence-corrected chi connectivity index (χ0v) is 9.55. The highest BCUT2D eigenvalue weighted by molar-refractivity contribution is 6.00. The number of hydrogen-bond donors (Lipinski definition) is 2. The molecule has 0 aromatic heterocycles. The maximum atomic E-state index is 13.6. The van der Waals surface area contributed by atoms with Crippen LogP contribution in [0.25, 0.3) is 0 Å². The van der Waals surface area contributed by atoms with Gasteiger partial charge in [0, 0.05) is 6.54 Å². The molecule has 0 radical (unpaired) electrons. The molecule has 1 saturated carbocycles. The molecule has 2 N–H and O–H groups in total. The van der Waals surface area contributed by atoms with Gasteiger partial charge in [0.15, 0.2) is 0 Å². The number of para-hydroxylation sites is 1. The van der Waals surface area contributed by atoms with Crippen LogP contribution in [0.5, 0.6) is 0 Å². The van der Waals surface area contributed by atoms with Gasteiger partial charge in [0.2, 0.25) is 5.91 Å². The summed E-state index contributed by atoms with van der Waals surface area (Å²) in [7, 11) is 0. The number of benzene rings is 1. The maximum Gasteiger partial charge on any atom is 0.232 e. The first kappa shape index (κ1) is 10.6. The molecule has 0 atom stereocenters. The minimum Gasteiger partial charge on any atom is -0.382 e. The van der Waals surface area contributed by atoms with E-state index in [1.807, 2.05) is 0 Å². The minimum atomic E-state index is -0.376. The zero-order chi connectivity index (χ0) is 11.9. The second-order valence-electron chi connectivity index (χ2n) is 4.96. The summed E-state index contributed by atoms with van der Waals surface area (Å²) in [5, 5.41) is 5.95. The van der Waals surface area contributed by atoms with Crippen LogP contribution in [-0.2, 0) is 4.79 Å². The molecule has 1 aromatic rings. The van der Waals surface area contributed by atoms with E-state index in [0.717, 1.165) is 25.7 Å². The van der Waals surface area contributed by atoms with Crippen molar-refractivity contribution in [3.8, 4) is 0 Å². The standard InChI is InChI=1S/C13H15FN2O/c14-9-4-3-5-10-11(9)16-12(17)13(8-15-10)6-1-2-7-13/h3-5,15H,1-2,6-8H2,(H,16,17). The predicted molar refractivity (Wildman–Crippen MR) is 64.4 cm³/mol. The molecule has 0 bridgehead atoms. The first-order valence-electron chi connectivity index (χ1n) is 6.05. The lowest BCUT2D eigenvalue weighted by atomic mass is 9.85. The van der Waals surface area contributed by atoms with E-state index in [9.17, 15) is 9.18 Å². The molecule has 1 aliphatic carbocycles. The van der Waals surface area contributed by atoms with Gasteiger partial charge in [0.05, 0.1) is 11.1 Å². The van der Waals surface area contributed by atoms with E-state index in [0.29, 0.717) is 17.9 Å². The highest BCUT2D eigenvalue weighted by Crippen LogP contribution is 2.42. The van der Waals surface area contributed by atoms with E-state index >= 15 is 0 Å². The highest BCUT2D eigenvalue weighted by Gasteiger charge is 2.42. The van der Waals surface area contributed by atoms with Crippen LogP contribution in [-0.4, -0.2) is 12.5 Å². The SMILES string of the molecule is O=C1Nc2c(F)cccc2NCC12CCCC2. The third-order valence-corrected chi connectivity index (χ3v) is 3.91. The molecule has 3 nitrogen and oxygen atoms in total. The van der Waals surface area contributed by atoms with E-state index in [1.54, 1.807) is 12.1 Å². The van der Waals surface area contributed by atoms with Gasteiger partial charge in [-0.15, -0.1) is 0 Å². The fourth-order valence-electron chi connectivity index (χ4n) is 2.84. The highest BCUT2D eigenvalue weighted by atomic mass is 19.1. The van der Waals surface area contributed by atoms with Gasteiger partial charge in [-0.3, -0.25) is 4.79 Å². The fourth-order valence-corrected chi connectivity index (χ4v) is 2.84. The number of hydrogen-bond acceptors (Lipinski definition) is 2. The van der Waals surface area contributed by atoms with Crippen LogP contribution in [0.3, 0.4) is 0 Å². The number of rotatable bonds is 0. The van der Waals surface area contributed by atoms with Gasteiger partial charge in [-0.05, 0) is 25.0 Å². The van der Waals surface area contributed by atoms with Crippen molar-refractivity contribution >= 4 is 17.3 Å². The molecule has 2 aliphatic rings. The molecule has 4 heteroatoms. The lowest BCUT2D eigenvalue weighted by Gasteiger charge is -2.24. The van der Waals surface area contributed by atoms with E-state index in [4.69, 9.17) is 0 Å². The van der Waals surface area contributed by atoms with Crippen LogP contribution >= 0.6 is 0 Å². The summed E-state index contributed by atoms with van der Waals surface area (Å²) in [5.41, 5.74) is 0.634. The topological polar surface area (TPSA) is 41.1 Å². The molecule has 1 amide bonds. The van der Waals surface area contributed by atoms with Crippen molar-refractivity contribution < 1.29 is 9.18 Å². The van der Waals surface area contributed by atoms with Crippen molar-refractivity contribution in [1.29, 1.82) is 0 Å². The van der Waals surface area contributed by atoms with Gasteiger partial charge in [-0.25, -0.2) is 4.39 Å². The Balaban J connectivity index is 1.99. The van der Waals surface area contributed by atoms with Gasteiger partial charge in [-0.1, -0.05) is 18.9 Å². The Labute approximate surface area is 99.4 Å². The van der Waals surface area contributed by atoms with Crippen LogP contribution in [0, 0.1) is 11.2 Å². The average molecular weight is 234 g/mol. The summed E-state index contributed by atoms with van der Waals surface area (Å²) >= 11 is 0. The summed E-state index contributed by atoms with van der Waals surface area (Å²) in [6.45, 7) is 0.606. The van der Waals surface area contributed by atoms with Gasteiger partial charge >= 0.3 is 0 Å². The Morgan fingerprint density at radius 3 is 2.76 bits per heavy atom. The van der Waals surface area contributed by atoms with Crippen LogP contribution in [0.2, 0.25) is 0 Å². The first-order chi connectivity index (χ1) is 8.21. The predicted octanol–water partition coefficient (Wildman–Crippen LogP) is 2.75. The lowest BCUT2D eigenvalue weighted by Crippen LogP contribution is -2.37. The van der Waals surface area contributed by atoms with Gasteiger partial charge in [0.25, 0.3) is 0 Å². The quantitative estimate of drug-likeness (QED) is 0.724. The number of anilines is 2. The monoisotopic (exact) mass is 234 g/mol. The summed E-state index contributed by atoms with van der Waals surface area (Å²) < 4.78 is 13.6. The molecule has 1 aliphatic heterocycles. The number of nitrogens with one attached hydrogen (secondary N) is 2. The minimum absolute atomic E-state index is 0.0358. The molecule has 1 aromatic carbocycles. The van der Waals surface area contributed by atoms with Crippen molar-refractivity contribution in [2.24, 2.45) is 5.41 Å². The number of carbonyl (C=O) groups is 1. The Morgan fingerprint density at radius 2 is 2.00 bits per heavy atom. The summed E-state index contributed by atoms with van der Waals surface area (Å²) in [4.78, 5) is 12.2. The summed E-state index contributed by atoms with van der Waals surface area (Å²) in [6, 6.07) is 4.82. The normalized spacial score (nSPS) is 21.6. The van der Waals surface area contributed by atoms with E-state index in [2.05, 4.69) is 10.6 Å². The van der Waals surface area contributed by atoms with Crippen LogP contribution in [0.15, 0.2) is 18.2 Å². The van der Waals surface area contributed by atoms with Gasteiger partial charge in [-0.2, -0.15) is 0 Å². The molecular formula is C13H15FN2O. The Kier molecular flexibility index (Phi) is 2.31. The van der Waals surface area contributed by atoms with Crippen molar-refractivity contribution in [3.63, 3.8) is 0 Å². The lowest BCUT2D eigenvalue weighted by molar-refractivity contribution is -0.124. The van der Waals surface area contributed by atoms with Gasteiger partial charge < -0.3 is 10.6 Å². The third-order valence-electron chi connectivity index (χ3n) is 3.91. The first-order valence-corrected chi connectivity index (χ1v) is 6.05. The van der Waals surface area contributed by atoms with Crippen molar-refractivity contribution in [2.75, 3.05) is 17.2 Å². The average Bonchev–Trinajstić information content (AvgIpc) is 2.74. The number of halogens is 1. The molecule has 1 spiro atoms. The fraction of sp³-hybridized carbons (Fsp3) is 0.462. The second-order valence-corrected chi connectivity index (χ2v) is 4.96. The van der Waals surface area contributed by atoms with Gasteiger partial charge in [0.1, 0.15) is 11.5 Å². The maximum absolute atomic E-state index is 13.6. The second kappa shape index (κ2) is 3.72. The van der Waals surface area contributed by atoms with E-state index in [1.165, 1.54) is 6.07 Å². The number of carbonyl (C=O) groups excluding carboxylic acids is 1. The Bertz CT molecular complexity index is 466. The van der Waals surface area contributed by atoms with Crippen molar-refractivity contribution in [2.45, 2.75) is 25.7 Å². The Morgan fingerprint density at radius 1 is 1.24 bits per heavy atom. The summed E-state index contributed by atoms with van der Waals surface area (Å²) in [6.07, 6.45) is 3.94. The molecule has 0 saturated heterocycles. The number of amides is 1. The summed E-state index contributed by atoms with van der Waals surface area (Å²) in [5.74, 6) is -0.412. The molecule has 3 rings (SSSR count). The smallest absolute Gasteiger partial charge is 0.232 e. The van der Waals surface area contributed by atoms with Crippen molar-refractivity contribution in [3.05, 3.63) is 24.0 Å². The molecule has 0 unspecified atom stereocenters. The van der Waals surface area contributed by atoms with Crippen molar-refractivity contribution in [1.82, 2.24) is 0 Å². The molecule has 17 heavy (non-hydrogen) atoms. The van der Waals surface area contributed by atoms with Crippen LogP contribution < -0.4 is 10.6 Å². The van der Waals surface area contributed by atoms with E-state index < -0.39 is 0 Å². The molecule has 90 valence electrons. The Hall–Kier alpha value is -1.58. The molecule has 1 heterocycles. The van der Waals surface area contributed by atoms with E-state index in [-0.39, 0.29) is 17.1 Å². The van der Waals surface area contributed by atoms with Crippen LogP contribution in [0.1, 0.15) is 25.7 Å². The molecular weight excluding hydrogens is 219 g/mol. The zero-order valence-electron chi connectivity index (χ0n) is 9.55. The number of fused-ring (bicyclic) bond motifs is 1. The molecule has 1 fully saturated rings. The third kappa shape index (κ3) is 1.59. The largest absolute Gasteiger partial charge is 0.382 e.